The number of anilines is 2. The number of H-pyrrole nitrogens is 3. The molecule has 8 bridgehead atoms. The molecule has 0 saturated heterocycles. The number of aryl methyl sites for hydroxylation is 3. The van der Waals surface area contributed by atoms with Crippen LogP contribution in [0.5, 0.6) is 0 Å². The van der Waals surface area contributed by atoms with Crippen LogP contribution >= 0.6 is 0 Å². The maximum atomic E-state index is 13.4. The van der Waals surface area contributed by atoms with Crippen molar-refractivity contribution in [1.29, 1.82) is 0 Å². The largest absolute Gasteiger partial charge is 0.481 e. The number of nitrogens with zero attached hydrogens (tertiary/aromatic N) is 5. The lowest BCUT2D eigenvalue weighted by Gasteiger charge is -2.18. The number of fused-ring (bicyclic) bond motifs is 9. The molecule has 8 rings (SSSR count). The molecule has 25 nitrogen and oxygen atoms in total. The summed E-state index contributed by atoms with van der Waals surface area (Å²) in [5, 5.41) is 41.7. The van der Waals surface area contributed by atoms with Crippen LogP contribution in [0, 0.1) is 13.8 Å². The van der Waals surface area contributed by atoms with Gasteiger partial charge >= 0.3 is 17.9 Å². The van der Waals surface area contributed by atoms with Crippen molar-refractivity contribution >= 4 is 91.6 Å². The van der Waals surface area contributed by atoms with Gasteiger partial charge in [-0.05, 0) is 105 Å². The van der Waals surface area contributed by atoms with E-state index < -0.39 is 53.7 Å². The number of aromatic nitrogens is 8. The first-order valence-corrected chi connectivity index (χ1v) is 26.9. The smallest absolute Gasteiger partial charge is 0.338 e. The summed E-state index contributed by atoms with van der Waals surface area (Å²) < 4.78 is 11.1. The zero-order chi connectivity index (χ0) is 59.6. The van der Waals surface area contributed by atoms with E-state index in [0.717, 1.165) is 33.3 Å². The molecule has 5 aromatic heterocycles. The van der Waals surface area contributed by atoms with E-state index in [9.17, 15) is 48.9 Å². The average Bonchev–Trinajstić information content (AvgIpc) is 3.98. The third kappa shape index (κ3) is 13.9. The first-order valence-electron chi connectivity index (χ1n) is 26.9. The summed E-state index contributed by atoms with van der Waals surface area (Å²) in [6, 6.07) is 10.5. The number of benzene rings is 1. The fourth-order valence-corrected chi connectivity index (χ4v) is 10.2. The highest BCUT2D eigenvalue weighted by Gasteiger charge is 2.34. The van der Waals surface area contributed by atoms with Gasteiger partial charge in [0.2, 0.25) is 17.8 Å². The van der Waals surface area contributed by atoms with E-state index >= 15 is 0 Å². The number of nitrogens with two attached hydrogens (primary N) is 1. The van der Waals surface area contributed by atoms with Crippen molar-refractivity contribution < 1.29 is 53.6 Å². The zero-order valence-corrected chi connectivity index (χ0v) is 46.4. The number of carboxylic acid groups (broad SMARTS) is 3. The summed E-state index contributed by atoms with van der Waals surface area (Å²) in [6.45, 7) is 14.2. The van der Waals surface area contributed by atoms with Crippen LogP contribution in [-0.4, -0.2) is 130 Å². The molecule has 0 spiro atoms. The summed E-state index contributed by atoms with van der Waals surface area (Å²) in [6.07, 6.45) is 3.19. The van der Waals surface area contributed by atoms with Gasteiger partial charge in [-0.3, -0.25) is 33.9 Å². The number of aromatic carboxylic acids is 1. The first kappa shape index (κ1) is 59.5. The number of aliphatic carboxylic acids is 2. The number of carbonyl (C=O) groups excluding carboxylic acids is 3. The van der Waals surface area contributed by atoms with Gasteiger partial charge in [-0.1, -0.05) is 26.5 Å². The fourth-order valence-electron chi connectivity index (χ4n) is 10.2. The van der Waals surface area contributed by atoms with E-state index in [-0.39, 0.29) is 116 Å². The predicted octanol–water partition coefficient (Wildman–Crippen LogP) is 5.71. The van der Waals surface area contributed by atoms with Gasteiger partial charge in [0.1, 0.15) is 12.8 Å². The number of allylic oxidation sites excluding steroid dienone is 3. The highest BCUT2D eigenvalue weighted by Crippen LogP contribution is 2.43. The Morgan fingerprint density at radius 1 is 0.831 bits per heavy atom. The van der Waals surface area contributed by atoms with Crippen LogP contribution in [0.15, 0.2) is 66.1 Å². The van der Waals surface area contributed by atoms with E-state index in [0.29, 0.717) is 51.7 Å². The van der Waals surface area contributed by atoms with Crippen molar-refractivity contribution in [3.63, 3.8) is 0 Å². The van der Waals surface area contributed by atoms with Crippen molar-refractivity contribution in [3.05, 3.63) is 134 Å². The van der Waals surface area contributed by atoms with Crippen LogP contribution in [-0.2, 0) is 48.0 Å². The van der Waals surface area contributed by atoms with Gasteiger partial charge in [0.25, 0.3) is 11.5 Å². The number of amides is 3. The molecular weight excluding hydrogens is 1070 g/mol. The minimum absolute atomic E-state index is 0.0278. The quantitative estimate of drug-likeness (QED) is 0.0241. The molecule has 1 aromatic carbocycles. The molecule has 3 unspecified atom stereocenters. The van der Waals surface area contributed by atoms with Crippen LogP contribution in [0.25, 0.3) is 44.4 Å². The molecule has 6 aromatic rings. The summed E-state index contributed by atoms with van der Waals surface area (Å²) in [5.41, 5.74) is 15.2. The van der Waals surface area contributed by atoms with Gasteiger partial charge in [-0.15, -0.1) is 0 Å². The molecular formula is C58H65N13O12. The second-order valence-corrected chi connectivity index (χ2v) is 20.0. The van der Waals surface area contributed by atoms with Gasteiger partial charge in [-0.2, -0.15) is 4.98 Å². The van der Waals surface area contributed by atoms with Crippen LogP contribution < -0.4 is 32.6 Å². The van der Waals surface area contributed by atoms with Gasteiger partial charge in [0, 0.05) is 75.9 Å². The molecule has 0 radical (unpaired) electrons. The van der Waals surface area contributed by atoms with Gasteiger partial charge in [-0.25, -0.2) is 24.5 Å². The lowest BCUT2D eigenvalue weighted by atomic mass is 9.84. The third-order valence-electron chi connectivity index (χ3n) is 14.6. The summed E-state index contributed by atoms with van der Waals surface area (Å²) >= 11 is 0. The Hall–Kier alpha value is -9.62. The van der Waals surface area contributed by atoms with Crippen molar-refractivity contribution in [2.75, 3.05) is 44.1 Å². The summed E-state index contributed by atoms with van der Waals surface area (Å²) in [7, 11) is 0. The number of nitrogen functional groups attached to an aromatic ring is 1. The second-order valence-electron chi connectivity index (χ2n) is 20.0. The maximum Gasteiger partial charge on any atom is 0.338 e. The first-order chi connectivity index (χ1) is 39.7. The Morgan fingerprint density at radius 2 is 1.57 bits per heavy atom. The fraction of sp³-hybridized carbons (Fsp3) is 0.345. The van der Waals surface area contributed by atoms with E-state index in [1.165, 1.54) is 18.3 Å². The minimum Gasteiger partial charge on any atom is -0.481 e. The number of ether oxygens (including phenoxy) is 2. The van der Waals surface area contributed by atoms with E-state index in [2.05, 4.69) is 57.7 Å². The number of aromatic amines is 3. The van der Waals surface area contributed by atoms with E-state index in [4.69, 9.17) is 25.2 Å². The third-order valence-corrected chi connectivity index (χ3v) is 14.6. The van der Waals surface area contributed by atoms with Gasteiger partial charge in [0.05, 0.1) is 72.8 Å². The van der Waals surface area contributed by atoms with E-state index in [1.54, 1.807) is 25.1 Å². The number of hydrogen-bond donors (Lipinski definition) is 11. The van der Waals surface area contributed by atoms with Crippen LogP contribution in [0.4, 0.5) is 11.6 Å². The predicted molar refractivity (Wildman–Crippen MR) is 308 cm³/mol. The maximum absolute atomic E-state index is 13.4. The number of carboxylic acids is 3. The van der Waals surface area contributed by atoms with Crippen LogP contribution in [0.3, 0.4) is 0 Å². The molecule has 3 atom stereocenters. The lowest BCUT2D eigenvalue weighted by molar-refractivity contribution is -0.139. The van der Waals surface area contributed by atoms with Crippen molar-refractivity contribution in [1.82, 2.24) is 55.8 Å². The second kappa shape index (κ2) is 26.3. The number of hydrogen-bond acceptors (Lipinski definition) is 16. The van der Waals surface area contributed by atoms with Crippen molar-refractivity contribution in [2.45, 2.75) is 97.6 Å². The average molecular weight is 1140 g/mol. The highest BCUT2D eigenvalue weighted by atomic mass is 16.5. The number of rotatable bonds is 25. The van der Waals surface area contributed by atoms with Crippen LogP contribution in [0.1, 0.15) is 130 Å². The van der Waals surface area contributed by atoms with Crippen molar-refractivity contribution in [3.8, 4) is 0 Å². The Labute approximate surface area is 474 Å². The molecule has 2 aliphatic rings. The highest BCUT2D eigenvalue weighted by molar-refractivity contribution is 6.03. The van der Waals surface area contributed by atoms with Gasteiger partial charge < -0.3 is 61.8 Å². The molecule has 3 amide bonds. The SMILES string of the molecule is C=CC1=C(C)c2cc3nc(c(CC(=O)O)c4[nH]c(cc5[nH]c(cc1n2)c(C)c5CC)c(C)c4C(=O)O)C(CCC(=O)NCCOCCOCNC(=O)CCC(NC(=O)c1ccc(NCc2cnc4nc(N)[nH]c(=O)c4n2)cc1)C(=O)O)C3C. The lowest BCUT2D eigenvalue weighted by Crippen LogP contribution is -2.41. The topological polar surface area (TPSA) is 385 Å². The standard InChI is InChI=1S/C58H65N13O12/c1-7-35-28(3)40-22-42-30(5)37(50(67-42)38(21-48(74)75)51-49(57(80)81)31(6)43(68-51)24-45-36(8-2)29(4)41(66-45)23-44(35)65-40)13-15-46(72)60-17-18-82-19-20-83-27-63-47(73)16-14-39(56(78)79)69-54(76)32-9-11-33(12-10-32)61-25-34-26-62-53-52(64-34)55(77)71-58(59)70-53/h7,9-12,22-24,26,30,37,39,61,66,68H,1,8,13-21,25,27H2,2-6H3,(H,60,72)(H,63,73)(H,69,76)(H,74,75)(H,78,79)(H,80,81)(H3,59,62,70,71,77). The Balaban J connectivity index is 0.810. The summed E-state index contributed by atoms with van der Waals surface area (Å²) in [5.74, 6) is -6.12. The Bertz CT molecular complexity index is 3810. The molecule has 2 aliphatic heterocycles. The molecule has 83 heavy (non-hydrogen) atoms. The molecule has 434 valence electrons. The molecule has 0 saturated carbocycles. The molecule has 12 N–H and O–H groups in total. The zero-order valence-electron chi connectivity index (χ0n) is 46.4. The normalized spacial score (nSPS) is 14.3. The van der Waals surface area contributed by atoms with Crippen molar-refractivity contribution in [2.24, 2.45) is 0 Å². The number of carbonyl (C=O) groups is 6. The Kier molecular flexibility index (Phi) is 18.9. The molecule has 25 heteroatoms. The van der Waals surface area contributed by atoms with Gasteiger partial charge in [0.15, 0.2) is 11.2 Å². The van der Waals surface area contributed by atoms with E-state index in [1.807, 2.05) is 45.9 Å². The molecule has 7 heterocycles. The Morgan fingerprint density at radius 3 is 2.28 bits per heavy atom. The minimum atomic E-state index is -1.36. The van der Waals surface area contributed by atoms with Crippen LogP contribution in [0.2, 0.25) is 0 Å². The molecule has 0 fully saturated rings. The monoisotopic (exact) mass is 1140 g/mol. The number of nitrogens with one attached hydrogen (secondary N) is 7. The molecule has 0 aliphatic carbocycles. The summed E-state index contributed by atoms with van der Waals surface area (Å²) in [4.78, 5) is 120.